The number of rotatable bonds is 8. The van der Waals surface area contributed by atoms with E-state index < -0.39 is 9.84 Å². The number of hydrogen-bond acceptors (Lipinski definition) is 8. The molecule has 0 radical (unpaired) electrons. The highest BCUT2D eigenvalue weighted by molar-refractivity contribution is 7.91. The SMILES string of the molecule is COc1ccc(S(=O)(=O)CCC(=O)N2CCC(Oc3nc4cc(OC)ccc4s3)CC2)cc1. The molecule has 1 aromatic heterocycles. The van der Waals surface area contributed by atoms with E-state index in [4.69, 9.17) is 14.2 Å². The second-order valence-corrected chi connectivity index (χ2v) is 10.9. The molecule has 3 aromatic rings. The van der Waals surface area contributed by atoms with Gasteiger partial charge in [-0.2, -0.15) is 0 Å². The number of carbonyl (C=O) groups excluding carboxylic acids is 1. The third-order valence-electron chi connectivity index (χ3n) is 5.64. The molecule has 0 N–H and O–H groups in total. The van der Waals surface area contributed by atoms with Crippen molar-refractivity contribution in [3.63, 3.8) is 0 Å². The largest absolute Gasteiger partial charge is 0.497 e. The maximum Gasteiger partial charge on any atom is 0.274 e. The molecule has 1 aliphatic heterocycles. The van der Waals surface area contributed by atoms with Gasteiger partial charge in [0.25, 0.3) is 5.19 Å². The Morgan fingerprint density at radius 3 is 2.39 bits per heavy atom. The van der Waals surface area contributed by atoms with Gasteiger partial charge in [0, 0.05) is 38.4 Å². The van der Waals surface area contributed by atoms with Crippen molar-refractivity contribution >= 4 is 37.3 Å². The van der Waals surface area contributed by atoms with Crippen molar-refractivity contribution in [2.45, 2.75) is 30.3 Å². The molecule has 2 heterocycles. The molecule has 8 nitrogen and oxygen atoms in total. The number of benzene rings is 2. The topological polar surface area (TPSA) is 95.0 Å². The summed E-state index contributed by atoms with van der Waals surface area (Å²) >= 11 is 1.48. The Morgan fingerprint density at radius 2 is 1.73 bits per heavy atom. The Kier molecular flexibility index (Phi) is 7.04. The van der Waals surface area contributed by atoms with Gasteiger partial charge in [0.2, 0.25) is 5.91 Å². The molecule has 0 bridgehead atoms. The van der Waals surface area contributed by atoms with Crippen molar-refractivity contribution in [3.8, 4) is 16.7 Å². The monoisotopic (exact) mass is 490 g/mol. The van der Waals surface area contributed by atoms with Crippen LogP contribution in [0.1, 0.15) is 19.3 Å². The van der Waals surface area contributed by atoms with Gasteiger partial charge >= 0.3 is 0 Å². The Hall–Kier alpha value is -2.85. The maximum atomic E-state index is 12.6. The van der Waals surface area contributed by atoms with Gasteiger partial charge in [-0.3, -0.25) is 4.79 Å². The van der Waals surface area contributed by atoms with Crippen LogP contribution in [-0.4, -0.2) is 63.4 Å². The number of likely N-dealkylation sites (tertiary alicyclic amines) is 1. The Bertz CT molecular complexity index is 1220. The Labute approximate surface area is 197 Å². The molecule has 0 aliphatic carbocycles. The van der Waals surface area contributed by atoms with Crippen molar-refractivity contribution in [1.82, 2.24) is 9.88 Å². The Morgan fingerprint density at radius 1 is 1.06 bits per heavy atom. The fraction of sp³-hybridized carbons (Fsp3) is 0.391. The minimum absolute atomic E-state index is 0.0282. The number of nitrogens with zero attached hydrogens (tertiary/aromatic N) is 2. The van der Waals surface area contributed by atoms with Crippen LogP contribution in [0.4, 0.5) is 0 Å². The van der Waals surface area contributed by atoms with Gasteiger partial charge in [-0.25, -0.2) is 13.4 Å². The molecule has 0 saturated carbocycles. The zero-order chi connectivity index (χ0) is 23.4. The van der Waals surface area contributed by atoms with Gasteiger partial charge in [0.1, 0.15) is 17.6 Å². The molecule has 0 spiro atoms. The van der Waals surface area contributed by atoms with Crippen LogP contribution in [0, 0.1) is 0 Å². The fourth-order valence-corrected chi connectivity index (χ4v) is 5.80. The lowest BCUT2D eigenvalue weighted by Crippen LogP contribution is -2.42. The summed E-state index contributed by atoms with van der Waals surface area (Å²) in [5.41, 5.74) is 0.833. The Balaban J connectivity index is 1.27. The number of amides is 1. The molecule has 0 unspecified atom stereocenters. The third-order valence-corrected chi connectivity index (χ3v) is 8.30. The summed E-state index contributed by atoms with van der Waals surface area (Å²) in [5, 5.41) is 0.605. The van der Waals surface area contributed by atoms with Crippen LogP contribution in [0.15, 0.2) is 47.4 Å². The van der Waals surface area contributed by atoms with E-state index in [0.717, 1.165) is 16.0 Å². The van der Waals surface area contributed by atoms with Gasteiger partial charge in [-0.15, -0.1) is 0 Å². The summed E-state index contributed by atoms with van der Waals surface area (Å²) in [6.07, 6.45) is 1.28. The van der Waals surface area contributed by atoms with E-state index in [-0.39, 0.29) is 29.1 Å². The van der Waals surface area contributed by atoms with Gasteiger partial charge in [0.05, 0.1) is 35.1 Å². The molecule has 4 rings (SSSR count). The molecule has 176 valence electrons. The molecule has 1 fully saturated rings. The predicted molar refractivity (Wildman–Crippen MR) is 126 cm³/mol. The molecule has 1 saturated heterocycles. The summed E-state index contributed by atoms with van der Waals surface area (Å²) in [4.78, 5) is 19.0. The summed E-state index contributed by atoms with van der Waals surface area (Å²) in [7, 11) is -0.392. The molecule has 10 heteroatoms. The van der Waals surface area contributed by atoms with Crippen molar-refractivity contribution in [1.29, 1.82) is 0 Å². The van der Waals surface area contributed by atoms with Crippen LogP contribution < -0.4 is 14.2 Å². The van der Waals surface area contributed by atoms with Crippen LogP contribution in [0.25, 0.3) is 10.2 Å². The van der Waals surface area contributed by atoms with Gasteiger partial charge < -0.3 is 19.1 Å². The van der Waals surface area contributed by atoms with Gasteiger partial charge in [0.15, 0.2) is 9.84 Å². The van der Waals surface area contributed by atoms with E-state index in [9.17, 15) is 13.2 Å². The number of carbonyl (C=O) groups is 1. The number of aromatic nitrogens is 1. The number of fused-ring (bicyclic) bond motifs is 1. The van der Waals surface area contributed by atoms with Crippen molar-refractivity contribution in [2.75, 3.05) is 33.1 Å². The zero-order valence-electron chi connectivity index (χ0n) is 18.5. The van der Waals surface area contributed by atoms with E-state index in [2.05, 4.69) is 4.98 Å². The van der Waals surface area contributed by atoms with E-state index in [1.807, 2.05) is 18.2 Å². The lowest BCUT2D eigenvalue weighted by Gasteiger charge is -2.31. The summed E-state index contributed by atoms with van der Waals surface area (Å²) < 4.78 is 42.5. The predicted octanol–water partition coefficient (Wildman–Crippen LogP) is 3.55. The maximum absolute atomic E-state index is 12.6. The average molecular weight is 491 g/mol. The van der Waals surface area contributed by atoms with E-state index in [1.165, 1.54) is 30.6 Å². The van der Waals surface area contributed by atoms with Crippen LogP contribution in [0.3, 0.4) is 0 Å². The van der Waals surface area contributed by atoms with Crippen molar-refractivity contribution in [3.05, 3.63) is 42.5 Å². The van der Waals surface area contributed by atoms with Crippen molar-refractivity contribution in [2.24, 2.45) is 0 Å². The highest BCUT2D eigenvalue weighted by Crippen LogP contribution is 2.32. The molecular formula is C23H26N2O6S2. The van der Waals surface area contributed by atoms with Crippen LogP contribution >= 0.6 is 11.3 Å². The van der Waals surface area contributed by atoms with Gasteiger partial charge in [-0.1, -0.05) is 11.3 Å². The standard InChI is InChI=1S/C23H26N2O6S2/c1-29-16-3-6-19(7-4-16)33(27,28)14-11-22(26)25-12-9-17(10-13-25)31-23-24-20-15-18(30-2)5-8-21(20)32-23/h3-8,15,17H,9-14H2,1-2H3. The molecule has 0 atom stereocenters. The molecule has 1 aliphatic rings. The summed E-state index contributed by atoms with van der Waals surface area (Å²) in [5.74, 6) is 0.961. The molecule has 2 aromatic carbocycles. The van der Waals surface area contributed by atoms with Crippen LogP contribution in [0.5, 0.6) is 16.7 Å². The smallest absolute Gasteiger partial charge is 0.274 e. The number of piperidine rings is 1. The summed E-state index contributed by atoms with van der Waals surface area (Å²) in [6.45, 7) is 1.07. The first-order valence-corrected chi connectivity index (χ1v) is 13.1. The quantitative estimate of drug-likeness (QED) is 0.477. The number of thiazole rings is 1. The van der Waals surface area contributed by atoms with Crippen LogP contribution in [-0.2, 0) is 14.6 Å². The van der Waals surface area contributed by atoms with E-state index in [0.29, 0.717) is 36.9 Å². The minimum atomic E-state index is -3.53. The molecule has 33 heavy (non-hydrogen) atoms. The summed E-state index contributed by atoms with van der Waals surface area (Å²) in [6, 6.07) is 11.9. The number of methoxy groups -OCH3 is 2. The molecular weight excluding hydrogens is 464 g/mol. The second kappa shape index (κ2) is 9.96. The minimum Gasteiger partial charge on any atom is -0.497 e. The highest BCUT2D eigenvalue weighted by atomic mass is 32.2. The van der Waals surface area contributed by atoms with Gasteiger partial charge in [-0.05, 0) is 36.4 Å². The second-order valence-electron chi connectivity index (χ2n) is 7.76. The first-order chi connectivity index (χ1) is 15.9. The lowest BCUT2D eigenvalue weighted by atomic mass is 10.1. The fourth-order valence-electron chi connectivity index (χ4n) is 3.71. The number of sulfone groups is 1. The van der Waals surface area contributed by atoms with E-state index >= 15 is 0 Å². The molecule has 1 amide bonds. The normalized spacial score (nSPS) is 14.9. The van der Waals surface area contributed by atoms with Crippen LogP contribution in [0.2, 0.25) is 0 Å². The zero-order valence-corrected chi connectivity index (χ0v) is 20.2. The number of ether oxygens (including phenoxy) is 3. The third kappa shape index (κ3) is 5.56. The number of hydrogen-bond donors (Lipinski definition) is 0. The van der Waals surface area contributed by atoms with E-state index in [1.54, 1.807) is 24.1 Å². The first kappa shape index (κ1) is 23.3. The highest BCUT2D eigenvalue weighted by Gasteiger charge is 2.26. The lowest BCUT2D eigenvalue weighted by molar-refractivity contribution is -0.132. The van der Waals surface area contributed by atoms with Crippen molar-refractivity contribution < 1.29 is 27.4 Å². The first-order valence-electron chi connectivity index (χ1n) is 10.6. The average Bonchev–Trinajstić information content (AvgIpc) is 3.24.